The minimum atomic E-state index is 0. The van der Waals surface area contributed by atoms with Crippen molar-refractivity contribution in [2.45, 2.75) is 6.42 Å². The Morgan fingerprint density at radius 3 is 2.00 bits per heavy atom. The Bertz CT molecular complexity index is 57.2. The predicted molar refractivity (Wildman–Crippen MR) is 45.6 cm³/mol. The zero-order chi connectivity index (χ0) is 5.11. The van der Waals surface area contributed by atoms with E-state index in [1.807, 2.05) is 4.55 Å². The van der Waals surface area contributed by atoms with E-state index in [1.165, 1.54) is 18.7 Å². The summed E-state index contributed by atoms with van der Waals surface area (Å²) in [5, 5.41) is 0. The summed E-state index contributed by atoms with van der Waals surface area (Å²) in [5.74, 6) is 5.49. The van der Waals surface area contributed by atoms with E-state index in [-0.39, 0.29) is 17.4 Å². The number of hydrogen-bond donors (Lipinski definition) is 1. The van der Waals surface area contributed by atoms with E-state index in [0.717, 1.165) is 17.5 Å². The van der Waals surface area contributed by atoms with Gasteiger partial charge < -0.3 is 0 Å². The average molecular weight is 165 g/mol. The van der Waals surface area contributed by atoms with Crippen molar-refractivity contribution in [3.8, 4) is 0 Å². The van der Waals surface area contributed by atoms with E-state index in [4.69, 9.17) is 5.84 Å². The van der Waals surface area contributed by atoms with Crippen molar-refractivity contribution in [3.63, 3.8) is 0 Å². The average Bonchev–Trinajstić information content (AvgIpc) is 1.69. The molecule has 1 saturated heterocycles. The summed E-state index contributed by atoms with van der Waals surface area (Å²) in [4.78, 5) is 0. The molecule has 1 fully saturated rings. The Labute approximate surface area is 64.3 Å². The number of nitrogens with two attached hydrogens (primary N) is 1. The number of nitrogens with zero attached hydrogens (tertiary/aromatic N) is 1. The Balaban J connectivity index is 0.000000490. The van der Waals surface area contributed by atoms with E-state index in [1.54, 1.807) is 0 Å². The molecule has 8 heavy (non-hydrogen) atoms. The first kappa shape index (κ1) is 9.31. The van der Waals surface area contributed by atoms with Crippen molar-refractivity contribution in [1.29, 1.82) is 0 Å². The molecule has 0 aromatic carbocycles. The molecule has 2 unspecified atom stereocenters. The number of rotatable bonds is 0. The molecule has 0 aromatic rings. The Kier molecular flexibility index (Phi) is 5.97. The van der Waals surface area contributed by atoms with Gasteiger partial charge in [0.2, 0.25) is 0 Å². The summed E-state index contributed by atoms with van der Waals surface area (Å²) >= 11 is 0. The molecule has 0 aromatic heterocycles. The predicted octanol–water partition coefficient (Wildman–Crippen LogP) is -0.163. The second-order valence-corrected chi connectivity index (χ2v) is 4.58. The first-order valence-electron chi connectivity index (χ1n) is 2.41. The quantitative estimate of drug-likeness (QED) is 0.307. The van der Waals surface area contributed by atoms with E-state index in [9.17, 15) is 0 Å². The Morgan fingerprint density at radius 2 is 1.75 bits per heavy atom. The van der Waals surface area contributed by atoms with Crippen molar-refractivity contribution >= 4 is 34.8 Å². The molecule has 2 nitrogen and oxygen atoms in total. The first-order valence-corrected chi connectivity index (χ1v) is 4.72. The van der Waals surface area contributed by atoms with Gasteiger partial charge in [-0.05, 0) is 36.2 Å². The molecular weight excluding hydrogens is 153 g/mol. The first-order chi connectivity index (χ1) is 3.39. The molecule has 0 amide bonds. The van der Waals surface area contributed by atoms with Crippen LogP contribution in [0.4, 0.5) is 0 Å². The van der Waals surface area contributed by atoms with E-state index in [2.05, 4.69) is 0 Å². The molecule has 0 bridgehead atoms. The van der Waals surface area contributed by atoms with Crippen molar-refractivity contribution in [2.75, 3.05) is 12.3 Å². The molecule has 2 atom stereocenters. The van der Waals surface area contributed by atoms with Crippen LogP contribution in [-0.4, -0.2) is 34.2 Å². The van der Waals surface area contributed by atoms with E-state index >= 15 is 0 Å². The topological polar surface area (TPSA) is 29.3 Å². The molecule has 0 spiro atoms. The second kappa shape index (κ2) is 5.13. The molecular formula is C3H12AlN2P2+. The monoisotopic (exact) mass is 165 g/mol. The van der Waals surface area contributed by atoms with Crippen LogP contribution in [-0.2, 0) is 0 Å². The Hall–Kier alpha value is 1.31. The van der Waals surface area contributed by atoms with Crippen molar-refractivity contribution in [3.05, 3.63) is 0 Å². The zero-order valence-corrected chi connectivity index (χ0v) is 9.15. The third-order valence-electron chi connectivity index (χ3n) is 0.918. The van der Waals surface area contributed by atoms with Gasteiger partial charge in [0.05, 0.1) is 0 Å². The van der Waals surface area contributed by atoms with E-state index < -0.39 is 0 Å². The van der Waals surface area contributed by atoms with Gasteiger partial charge >= 0.3 is 17.4 Å². The maximum atomic E-state index is 5.49. The summed E-state index contributed by atoms with van der Waals surface area (Å²) in [5.41, 5.74) is 0. The van der Waals surface area contributed by atoms with Crippen LogP contribution in [0.5, 0.6) is 0 Å². The Morgan fingerprint density at radius 1 is 1.25 bits per heavy atom. The number of hydrogen-bond acceptors (Lipinski definition) is 2. The van der Waals surface area contributed by atoms with Crippen molar-refractivity contribution in [1.82, 2.24) is 4.55 Å². The molecule has 1 rings (SSSR count). The van der Waals surface area contributed by atoms with Crippen LogP contribution in [0.15, 0.2) is 0 Å². The van der Waals surface area contributed by atoms with Crippen LogP contribution in [0, 0.1) is 0 Å². The molecule has 0 aliphatic carbocycles. The van der Waals surface area contributed by atoms with Crippen LogP contribution in [0.25, 0.3) is 0 Å². The van der Waals surface area contributed by atoms with Gasteiger partial charge in [-0.3, -0.25) is 5.84 Å². The zero-order valence-electron chi connectivity index (χ0n) is 5.15. The van der Waals surface area contributed by atoms with Gasteiger partial charge in [0.1, 0.15) is 0 Å². The second-order valence-electron chi connectivity index (χ2n) is 1.54. The van der Waals surface area contributed by atoms with Gasteiger partial charge in [0.15, 0.2) is 0 Å². The van der Waals surface area contributed by atoms with Crippen LogP contribution in [0.1, 0.15) is 6.42 Å². The minimum absolute atomic E-state index is 0. The molecule has 0 saturated carbocycles. The normalized spacial score (nSPS) is 28.1. The van der Waals surface area contributed by atoms with E-state index in [0.29, 0.717) is 0 Å². The van der Waals surface area contributed by atoms with Crippen molar-refractivity contribution < 1.29 is 0 Å². The summed E-state index contributed by atoms with van der Waals surface area (Å²) in [6, 6.07) is 0. The third kappa shape index (κ3) is 3.36. The van der Waals surface area contributed by atoms with Crippen LogP contribution >= 0.6 is 17.5 Å². The summed E-state index contributed by atoms with van der Waals surface area (Å²) < 4.78 is 1.95. The van der Waals surface area contributed by atoms with Gasteiger partial charge in [-0.15, -0.1) is 0 Å². The fraction of sp³-hybridized carbons (Fsp3) is 1.00. The van der Waals surface area contributed by atoms with Crippen molar-refractivity contribution in [2.24, 2.45) is 5.84 Å². The van der Waals surface area contributed by atoms with Gasteiger partial charge in [-0.1, -0.05) is 0 Å². The fourth-order valence-electron chi connectivity index (χ4n) is 0.543. The summed E-state index contributed by atoms with van der Waals surface area (Å²) in [6.45, 7) is 0. The molecule has 1 aliphatic heterocycles. The van der Waals surface area contributed by atoms with Crippen LogP contribution < -0.4 is 5.84 Å². The summed E-state index contributed by atoms with van der Waals surface area (Å²) in [6.07, 6.45) is 4.04. The third-order valence-corrected chi connectivity index (χ3v) is 3.70. The van der Waals surface area contributed by atoms with Gasteiger partial charge in [-0.25, -0.2) is 4.55 Å². The maximum absolute atomic E-state index is 5.49. The molecule has 2 N–H and O–H groups in total. The van der Waals surface area contributed by atoms with Gasteiger partial charge in [0.25, 0.3) is 0 Å². The number of hydrazine groups is 1. The fourth-order valence-corrected chi connectivity index (χ4v) is 3.17. The van der Waals surface area contributed by atoms with Gasteiger partial charge in [0, 0.05) is 0 Å². The molecule has 0 radical (unpaired) electrons. The molecule has 5 heteroatoms. The molecule has 1 heterocycles. The van der Waals surface area contributed by atoms with Gasteiger partial charge in [-0.2, -0.15) is 0 Å². The van der Waals surface area contributed by atoms with Crippen LogP contribution in [0.3, 0.4) is 0 Å². The summed E-state index contributed by atoms with van der Waals surface area (Å²) in [7, 11) is 1.80. The standard InChI is InChI=1S/C3H10N2P2.Al.2H/c4-5-6-2-1-3-7-5;;;/h6-7H,1-4H2;;;/q;+1;;. The molecule has 46 valence electrons. The van der Waals surface area contributed by atoms with Crippen LogP contribution in [0.2, 0.25) is 0 Å². The SMILES string of the molecule is NN1PCCCP1.[AlH2+]. The molecule has 1 aliphatic rings.